The van der Waals surface area contributed by atoms with E-state index in [0.29, 0.717) is 0 Å². The van der Waals surface area contributed by atoms with Crippen molar-refractivity contribution in [2.45, 2.75) is 30.9 Å². The number of rotatable bonds is 7. The monoisotopic (exact) mass is 389 g/mol. The molecule has 0 saturated heterocycles. The molecule has 9 nitrogen and oxygen atoms in total. The van der Waals surface area contributed by atoms with Gasteiger partial charge in [-0.1, -0.05) is 17.7 Å². The Balaban J connectivity index is 2.08. The summed E-state index contributed by atoms with van der Waals surface area (Å²) in [5.74, 6) is -0.478. The molecule has 11 heteroatoms. The van der Waals surface area contributed by atoms with E-state index < -0.39 is 33.1 Å². The number of hydrogen-bond acceptors (Lipinski definition) is 7. The van der Waals surface area contributed by atoms with E-state index >= 15 is 0 Å². The Bertz CT molecular complexity index is 876. The van der Waals surface area contributed by atoms with E-state index in [4.69, 9.17) is 15.8 Å². The highest BCUT2D eigenvalue weighted by Gasteiger charge is 2.29. The van der Waals surface area contributed by atoms with E-state index in [1.165, 1.54) is 19.1 Å². The van der Waals surface area contributed by atoms with Crippen LogP contribution < -0.4 is 0 Å². The number of benzene rings is 1. The smallest absolute Gasteiger partial charge is 0.383 e. The first-order chi connectivity index (χ1) is 11.5. The Kier molecular flexibility index (Phi) is 5.47. The van der Waals surface area contributed by atoms with Crippen LogP contribution in [0.4, 0.5) is 5.82 Å². The van der Waals surface area contributed by atoms with Crippen molar-refractivity contribution in [3.8, 4) is 0 Å². The third-order valence-electron chi connectivity index (χ3n) is 3.25. The number of aliphatic hydroxyl groups is 1. The Morgan fingerprint density at radius 2 is 2.00 bits per heavy atom. The van der Waals surface area contributed by atoms with Crippen LogP contribution in [0.1, 0.15) is 12.5 Å². The molecule has 0 aliphatic rings. The van der Waals surface area contributed by atoms with Crippen LogP contribution in [-0.2, 0) is 20.8 Å². The zero-order valence-corrected chi connectivity index (χ0v) is 15.0. The van der Waals surface area contributed by atoms with Gasteiger partial charge in [0.25, 0.3) is 10.1 Å². The molecule has 0 fully saturated rings. The molecule has 1 aromatic heterocycles. The molecule has 1 aromatic carbocycles. The molecule has 136 valence electrons. The topological polar surface area (TPSA) is 125 Å². The van der Waals surface area contributed by atoms with Gasteiger partial charge in [0.05, 0.1) is 18.0 Å². The molecule has 25 heavy (non-hydrogen) atoms. The normalized spacial score (nSPS) is 14.2. The Morgan fingerprint density at radius 1 is 1.40 bits per heavy atom. The molecule has 0 spiro atoms. The quantitative estimate of drug-likeness (QED) is 0.435. The zero-order chi connectivity index (χ0) is 18.8. The van der Waals surface area contributed by atoms with E-state index in [-0.39, 0.29) is 16.7 Å². The standard InChI is InChI=1S/C14H16ClN3O6S/c1-10-3-5-11(6-4-10)25(22,23)24-9-14(2,19)8-17-7-12(18(20)21)16-13(17)15/h3-7,19H,8-9H2,1-2H3. The molecule has 0 aliphatic carbocycles. The molecular weight excluding hydrogens is 374 g/mol. The fourth-order valence-electron chi connectivity index (χ4n) is 1.97. The van der Waals surface area contributed by atoms with Crippen molar-refractivity contribution in [1.29, 1.82) is 0 Å². The lowest BCUT2D eigenvalue weighted by Gasteiger charge is -2.22. The van der Waals surface area contributed by atoms with E-state index in [1.807, 2.05) is 6.92 Å². The summed E-state index contributed by atoms with van der Waals surface area (Å²) < 4.78 is 30.3. The van der Waals surface area contributed by atoms with Crippen molar-refractivity contribution in [1.82, 2.24) is 9.55 Å². The molecule has 2 rings (SSSR count). The fraction of sp³-hybridized carbons (Fsp3) is 0.357. The van der Waals surface area contributed by atoms with Gasteiger partial charge in [-0.2, -0.15) is 8.42 Å². The highest BCUT2D eigenvalue weighted by atomic mass is 35.5. The summed E-state index contributed by atoms with van der Waals surface area (Å²) in [6.45, 7) is 2.33. The summed E-state index contributed by atoms with van der Waals surface area (Å²) in [6, 6.07) is 6.04. The number of aromatic nitrogens is 2. The third kappa shape index (κ3) is 4.98. The lowest BCUT2D eigenvalue weighted by atomic mass is 10.1. The Labute approximate surface area is 149 Å². The molecule has 2 aromatic rings. The largest absolute Gasteiger partial charge is 0.386 e. The van der Waals surface area contributed by atoms with Gasteiger partial charge >= 0.3 is 11.1 Å². The molecule has 1 N–H and O–H groups in total. The molecule has 1 unspecified atom stereocenters. The summed E-state index contributed by atoms with van der Waals surface area (Å²) in [5.41, 5.74) is -0.766. The second-order valence-corrected chi connectivity index (χ2v) is 7.73. The SMILES string of the molecule is Cc1ccc(S(=O)(=O)OCC(C)(O)Cn2cc([N+](=O)[O-])nc2Cl)cc1. The van der Waals surface area contributed by atoms with Crippen LogP contribution in [0.25, 0.3) is 0 Å². The van der Waals surface area contributed by atoms with Gasteiger partial charge in [0.15, 0.2) is 0 Å². The van der Waals surface area contributed by atoms with Crippen molar-refractivity contribution in [2.75, 3.05) is 6.61 Å². The maximum absolute atomic E-state index is 12.1. The minimum atomic E-state index is -4.05. The van der Waals surface area contributed by atoms with Crippen molar-refractivity contribution < 1.29 is 22.6 Å². The zero-order valence-electron chi connectivity index (χ0n) is 13.4. The van der Waals surface area contributed by atoms with Crippen molar-refractivity contribution >= 4 is 27.5 Å². The molecule has 1 atom stereocenters. The van der Waals surface area contributed by atoms with Gasteiger partial charge in [-0.15, -0.1) is 0 Å². The summed E-state index contributed by atoms with van der Waals surface area (Å²) in [6.07, 6.45) is 1.05. The highest BCUT2D eigenvalue weighted by molar-refractivity contribution is 7.86. The van der Waals surface area contributed by atoms with Crippen LogP contribution in [0.5, 0.6) is 0 Å². The first-order valence-corrected chi connectivity index (χ1v) is 8.84. The van der Waals surface area contributed by atoms with E-state index in [2.05, 4.69) is 4.98 Å². The van der Waals surface area contributed by atoms with Crippen LogP contribution in [0.2, 0.25) is 5.28 Å². The fourth-order valence-corrected chi connectivity index (χ4v) is 3.18. The van der Waals surface area contributed by atoms with Gasteiger partial charge in [-0.3, -0.25) is 8.75 Å². The van der Waals surface area contributed by atoms with E-state index in [9.17, 15) is 23.6 Å². The minimum absolute atomic E-state index is 0.0369. The van der Waals surface area contributed by atoms with E-state index in [0.717, 1.165) is 16.3 Å². The molecule has 0 aliphatic heterocycles. The van der Waals surface area contributed by atoms with Gasteiger partial charge in [-0.05, 0) is 47.5 Å². The summed E-state index contributed by atoms with van der Waals surface area (Å²) in [4.78, 5) is 13.4. The molecule has 0 radical (unpaired) electrons. The van der Waals surface area contributed by atoms with Gasteiger partial charge in [-0.25, -0.2) is 0 Å². The van der Waals surface area contributed by atoms with Crippen LogP contribution in [0.15, 0.2) is 35.4 Å². The first-order valence-electron chi connectivity index (χ1n) is 7.06. The number of imidazole rings is 1. The number of halogens is 1. The maximum atomic E-state index is 12.1. The molecular formula is C14H16ClN3O6S. The first kappa shape index (κ1) is 19.3. The average molecular weight is 390 g/mol. The van der Waals surface area contributed by atoms with Crippen LogP contribution in [0, 0.1) is 17.0 Å². The molecule has 0 saturated carbocycles. The molecule has 0 amide bonds. The summed E-state index contributed by atoms with van der Waals surface area (Å²) >= 11 is 5.77. The number of hydrogen-bond donors (Lipinski definition) is 1. The average Bonchev–Trinajstić information content (AvgIpc) is 2.87. The Morgan fingerprint density at radius 3 is 2.52 bits per heavy atom. The summed E-state index contributed by atoms with van der Waals surface area (Å²) in [5, 5.41) is 20.8. The minimum Gasteiger partial charge on any atom is -0.386 e. The van der Waals surface area contributed by atoms with Crippen LogP contribution >= 0.6 is 11.6 Å². The van der Waals surface area contributed by atoms with E-state index in [1.54, 1.807) is 12.1 Å². The maximum Gasteiger partial charge on any atom is 0.383 e. The lowest BCUT2D eigenvalue weighted by Crippen LogP contribution is -2.36. The van der Waals surface area contributed by atoms with Crippen LogP contribution in [-0.4, -0.2) is 40.2 Å². The van der Waals surface area contributed by atoms with Crippen molar-refractivity contribution in [3.63, 3.8) is 0 Å². The Hall–Kier alpha value is -2.01. The molecule has 1 heterocycles. The van der Waals surface area contributed by atoms with Gasteiger partial charge in [0.2, 0.25) is 0 Å². The van der Waals surface area contributed by atoms with Crippen molar-refractivity contribution in [3.05, 3.63) is 51.4 Å². The van der Waals surface area contributed by atoms with Gasteiger partial charge < -0.3 is 15.2 Å². The second-order valence-electron chi connectivity index (χ2n) is 5.78. The molecule has 0 bridgehead atoms. The predicted octanol–water partition coefficient (Wildman–Crippen LogP) is 1.91. The third-order valence-corrected chi connectivity index (χ3v) is 4.83. The number of aryl methyl sites for hydroxylation is 1. The predicted molar refractivity (Wildman–Crippen MR) is 88.8 cm³/mol. The van der Waals surface area contributed by atoms with Gasteiger partial charge in [0, 0.05) is 0 Å². The van der Waals surface area contributed by atoms with Crippen molar-refractivity contribution in [2.24, 2.45) is 0 Å². The van der Waals surface area contributed by atoms with Crippen LogP contribution in [0.3, 0.4) is 0 Å². The lowest BCUT2D eigenvalue weighted by molar-refractivity contribution is -0.389. The second kappa shape index (κ2) is 7.08. The number of nitro groups is 1. The summed E-state index contributed by atoms with van der Waals surface area (Å²) in [7, 11) is -4.05. The van der Waals surface area contributed by atoms with Gasteiger partial charge in [0.1, 0.15) is 11.8 Å². The number of nitrogens with zero attached hydrogens (tertiary/aromatic N) is 3. The highest BCUT2D eigenvalue weighted by Crippen LogP contribution is 2.21.